The largest absolute Gasteiger partial charge is 0.248 e. The Morgan fingerprint density at radius 3 is 2.83 bits per heavy atom. The highest BCUT2D eigenvalue weighted by Gasteiger charge is 2.14. The maximum absolute atomic E-state index is 12.0. The van der Waals surface area contributed by atoms with E-state index in [4.69, 9.17) is 0 Å². The van der Waals surface area contributed by atoms with E-state index in [2.05, 4.69) is 25.6 Å². The van der Waals surface area contributed by atoms with Gasteiger partial charge in [0.2, 0.25) is 10.0 Å². The summed E-state index contributed by atoms with van der Waals surface area (Å²) in [6, 6.07) is 4.93. The molecular weight excluding hydrogens is 336 g/mol. The van der Waals surface area contributed by atoms with Crippen molar-refractivity contribution in [2.24, 2.45) is 0 Å². The molecule has 0 spiro atoms. The van der Waals surface area contributed by atoms with Gasteiger partial charge in [-0.2, -0.15) is 0 Å². The lowest BCUT2D eigenvalue weighted by Gasteiger charge is -2.07. The number of aryl methyl sites for hydroxylation is 1. The Morgan fingerprint density at radius 2 is 2.22 bits per heavy atom. The molecule has 0 aliphatic carbocycles. The number of hydrogen-bond acceptors (Lipinski definition) is 4. The van der Waals surface area contributed by atoms with Crippen molar-refractivity contribution in [3.05, 3.63) is 44.8 Å². The number of sulfonamides is 1. The Bertz CT molecular complexity index is 639. The van der Waals surface area contributed by atoms with E-state index < -0.39 is 10.0 Å². The Hall–Kier alpha value is -0.760. The van der Waals surface area contributed by atoms with E-state index in [1.54, 1.807) is 23.7 Å². The molecule has 0 radical (unpaired) electrons. The maximum atomic E-state index is 12.0. The first-order valence-corrected chi connectivity index (χ1v) is 8.34. The second kappa shape index (κ2) is 5.48. The molecule has 0 atom stereocenters. The molecule has 1 N–H and O–H groups in total. The Morgan fingerprint density at radius 1 is 1.44 bits per heavy atom. The summed E-state index contributed by atoms with van der Waals surface area (Å²) in [5.74, 6) is 0. The molecule has 0 aliphatic heterocycles. The van der Waals surface area contributed by atoms with Crippen molar-refractivity contribution in [2.75, 3.05) is 0 Å². The average Bonchev–Trinajstić information content (AvgIpc) is 2.83. The van der Waals surface area contributed by atoms with E-state index >= 15 is 0 Å². The van der Waals surface area contributed by atoms with Crippen LogP contribution >= 0.6 is 27.3 Å². The average molecular weight is 347 g/mol. The third-order valence-electron chi connectivity index (χ3n) is 2.37. The molecule has 0 unspecified atom stereocenters. The molecule has 0 saturated heterocycles. The van der Waals surface area contributed by atoms with Crippen LogP contribution in [0.25, 0.3) is 0 Å². The van der Waals surface area contributed by atoms with Gasteiger partial charge < -0.3 is 0 Å². The molecular formula is C11H11BrN2O2S2. The van der Waals surface area contributed by atoms with Crippen LogP contribution in [-0.4, -0.2) is 13.4 Å². The molecule has 2 rings (SSSR count). The lowest BCUT2D eigenvalue weighted by Crippen LogP contribution is -2.23. The summed E-state index contributed by atoms with van der Waals surface area (Å²) in [6.45, 7) is 2.06. The highest BCUT2D eigenvalue weighted by atomic mass is 79.9. The molecule has 0 bridgehead atoms. The summed E-state index contributed by atoms with van der Waals surface area (Å²) < 4.78 is 27.5. The summed E-state index contributed by atoms with van der Waals surface area (Å²) in [5.41, 5.74) is 3.27. The van der Waals surface area contributed by atoms with Gasteiger partial charge >= 0.3 is 0 Å². The van der Waals surface area contributed by atoms with Crippen LogP contribution in [0.4, 0.5) is 0 Å². The number of thiazole rings is 1. The maximum Gasteiger partial charge on any atom is 0.240 e. The summed E-state index contributed by atoms with van der Waals surface area (Å²) in [4.78, 5) is 4.29. The number of halogens is 1. The first-order valence-electron chi connectivity index (χ1n) is 5.12. The molecule has 0 saturated carbocycles. The molecule has 96 valence electrons. The lowest BCUT2D eigenvalue weighted by atomic mass is 10.2. The van der Waals surface area contributed by atoms with E-state index in [0.717, 1.165) is 15.7 Å². The van der Waals surface area contributed by atoms with Gasteiger partial charge in [0, 0.05) is 9.85 Å². The molecule has 2 aromatic rings. The van der Waals surface area contributed by atoms with Crippen LogP contribution in [-0.2, 0) is 16.6 Å². The monoisotopic (exact) mass is 346 g/mol. The van der Waals surface area contributed by atoms with Crippen LogP contribution in [0.15, 0.2) is 38.5 Å². The highest BCUT2D eigenvalue weighted by molar-refractivity contribution is 9.10. The number of benzene rings is 1. The summed E-state index contributed by atoms with van der Waals surface area (Å²) in [7, 11) is -3.48. The molecule has 1 aromatic carbocycles. The van der Waals surface area contributed by atoms with Crippen LogP contribution in [0, 0.1) is 6.92 Å². The summed E-state index contributed by atoms with van der Waals surface area (Å²) in [5, 5.41) is 1.81. The van der Waals surface area contributed by atoms with Crippen LogP contribution < -0.4 is 4.72 Å². The molecule has 0 aliphatic rings. The topological polar surface area (TPSA) is 59.1 Å². The minimum Gasteiger partial charge on any atom is -0.248 e. The van der Waals surface area contributed by atoms with Gasteiger partial charge in [0.1, 0.15) is 0 Å². The molecule has 1 heterocycles. The van der Waals surface area contributed by atoms with Gasteiger partial charge in [0.25, 0.3) is 0 Å². The van der Waals surface area contributed by atoms with Crippen molar-refractivity contribution < 1.29 is 8.42 Å². The van der Waals surface area contributed by atoms with Crippen molar-refractivity contribution in [1.82, 2.24) is 9.71 Å². The predicted octanol–water partition coefficient (Wildman–Crippen LogP) is 2.69. The summed E-state index contributed by atoms with van der Waals surface area (Å²) >= 11 is 4.78. The van der Waals surface area contributed by atoms with Crippen LogP contribution in [0.1, 0.15) is 11.3 Å². The quantitative estimate of drug-likeness (QED) is 0.925. The van der Waals surface area contributed by atoms with Gasteiger partial charge in [0.05, 0.1) is 22.6 Å². The number of nitrogens with zero attached hydrogens (tertiary/aromatic N) is 1. The van der Waals surface area contributed by atoms with Crippen molar-refractivity contribution in [1.29, 1.82) is 0 Å². The highest BCUT2D eigenvalue weighted by Crippen LogP contribution is 2.20. The zero-order valence-corrected chi connectivity index (χ0v) is 12.8. The van der Waals surface area contributed by atoms with Crippen LogP contribution in [0.3, 0.4) is 0 Å². The zero-order valence-electron chi connectivity index (χ0n) is 9.55. The van der Waals surface area contributed by atoms with Crippen molar-refractivity contribution in [3.63, 3.8) is 0 Å². The minimum atomic E-state index is -3.48. The van der Waals surface area contributed by atoms with Crippen molar-refractivity contribution in [3.8, 4) is 0 Å². The van der Waals surface area contributed by atoms with Crippen LogP contribution in [0.5, 0.6) is 0 Å². The predicted molar refractivity (Wildman–Crippen MR) is 75.0 cm³/mol. The van der Waals surface area contributed by atoms with Gasteiger partial charge in [0.15, 0.2) is 0 Å². The van der Waals surface area contributed by atoms with Crippen molar-refractivity contribution in [2.45, 2.75) is 18.4 Å². The van der Waals surface area contributed by atoms with Crippen molar-refractivity contribution >= 4 is 37.3 Å². The number of aromatic nitrogens is 1. The lowest BCUT2D eigenvalue weighted by molar-refractivity contribution is 0.580. The Kier molecular flexibility index (Phi) is 4.16. The smallest absolute Gasteiger partial charge is 0.240 e. The van der Waals surface area contributed by atoms with E-state index in [1.165, 1.54) is 11.3 Å². The number of nitrogens with one attached hydrogen (secondary N) is 1. The summed E-state index contributed by atoms with van der Waals surface area (Å²) in [6.07, 6.45) is 0. The molecule has 0 fully saturated rings. The number of rotatable bonds is 4. The van der Waals surface area contributed by atoms with Gasteiger partial charge in [-0.05, 0) is 30.7 Å². The van der Waals surface area contributed by atoms with E-state index in [1.807, 2.05) is 12.3 Å². The zero-order chi connectivity index (χ0) is 13.2. The SMILES string of the molecule is Cc1cc(S(=O)(=O)NCc2cscn2)ccc1Br. The van der Waals surface area contributed by atoms with Gasteiger partial charge in [-0.1, -0.05) is 15.9 Å². The first kappa shape index (κ1) is 13.7. The fourth-order valence-corrected chi connectivity index (χ4v) is 3.25. The third kappa shape index (κ3) is 3.17. The number of hydrogen-bond donors (Lipinski definition) is 1. The van der Waals surface area contributed by atoms with Gasteiger partial charge in [-0.15, -0.1) is 11.3 Å². The molecule has 4 nitrogen and oxygen atoms in total. The van der Waals surface area contributed by atoms with E-state index in [-0.39, 0.29) is 11.4 Å². The minimum absolute atomic E-state index is 0.209. The van der Waals surface area contributed by atoms with Crippen LogP contribution in [0.2, 0.25) is 0 Å². The molecule has 1 aromatic heterocycles. The van der Waals surface area contributed by atoms with Gasteiger partial charge in [-0.25, -0.2) is 18.1 Å². The standard InChI is InChI=1S/C11H11BrN2O2S2/c1-8-4-10(2-3-11(8)12)18(15,16)14-5-9-6-17-7-13-9/h2-4,6-7,14H,5H2,1H3. The molecule has 18 heavy (non-hydrogen) atoms. The normalized spacial score (nSPS) is 11.7. The molecule has 0 amide bonds. The Labute approximate surface area is 118 Å². The second-order valence-electron chi connectivity index (χ2n) is 3.72. The fourth-order valence-electron chi connectivity index (χ4n) is 1.36. The van der Waals surface area contributed by atoms with E-state index in [0.29, 0.717) is 0 Å². The van der Waals surface area contributed by atoms with Gasteiger partial charge in [-0.3, -0.25) is 0 Å². The third-order valence-corrected chi connectivity index (χ3v) is 5.29. The molecule has 7 heteroatoms. The first-order chi connectivity index (χ1) is 8.49. The van der Waals surface area contributed by atoms with E-state index in [9.17, 15) is 8.42 Å². The second-order valence-corrected chi connectivity index (χ2v) is 7.06. The fraction of sp³-hybridized carbons (Fsp3) is 0.182. The Balaban J connectivity index is 2.17.